The number of rotatable bonds is 8. The van der Waals surface area contributed by atoms with E-state index in [1.165, 1.54) is 0 Å². The second-order valence-electron chi connectivity index (χ2n) is 6.48. The lowest BCUT2D eigenvalue weighted by molar-refractivity contribution is -0.114. The summed E-state index contributed by atoms with van der Waals surface area (Å²) in [5.74, 6) is 1.48. The van der Waals surface area contributed by atoms with E-state index in [1.54, 1.807) is 26.5 Å². The van der Waals surface area contributed by atoms with Gasteiger partial charge in [-0.2, -0.15) is 0 Å². The molecule has 0 radical (unpaired) electrons. The van der Waals surface area contributed by atoms with Crippen molar-refractivity contribution in [3.8, 4) is 11.5 Å². The van der Waals surface area contributed by atoms with Crippen LogP contribution in [0.1, 0.15) is 30.7 Å². The maximum absolute atomic E-state index is 12.8. The molecule has 1 heterocycles. The molecule has 0 saturated heterocycles. The molecular formula is C25H30N2O4. The molecule has 0 saturated carbocycles. The van der Waals surface area contributed by atoms with Crippen molar-refractivity contribution in [2.24, 2.45) is 4.99 Å². The predicted molar refractivity (Wildman–Crippen MR) is 124 cm³/mol. The number of aryl methyl sites for hydroxylation is 1. The molecule has 0 aliphatic carbocycles. The largest absolute Gasteiger partial charge is 0.493 e. The Morgan fingerprint density at radius 2 is 1.71 bits per heavy atom. The second-order valence-corrected chi connectivity index (χ2v) is 6.48. The van der Waals surface area contributed by atoms with Crippen molar-refractivity contribution in [1.82, 2.24) is 5.32 Å². The van der Waals surface area contributed by atoms with Gasteiger partial charge in [-0.25, -0.2) is 4.99 Å². The minimum absolute atomic E-state index is 0.247. The Balaban J connectivity index is 0.00000166. The Morgan fingerprint density at radius 1 is 1.00 bits per heavy atom. The quantitative estimate of drug-likeness (QED) is 0.512. The van der Waals surface area contributed by atoms with Crippen LogP contribution in [-0.2, 0) is 11.2 Å². The van der Waals surface area contributed by atoms with Crippen molar-refractivity contribution >= 4 is 17.3 Å². The van der Waals surface area contributed by atoms with Crippen LogP contribution in [0.15, 0.2) is 70.3 Å². The molecule has 0 aliphatic rings. The fourth-order valence-electron chi connectivity index (χ4n) is 2.85. The number of benzene rings is 2. The number of ether oxygens (including phenoxy) is 2. The van der Waals surface area contributed by atoms with Gasteiger partial charge in [0.25, 0.3) is 5.91 Å². The van der Waals surface area contributed by atoms with Gasteiger partial charge in [0.15, 0.2) is 23.0 Å². The van der Waals surface area contributed by atoms with Crippen molar-refractivity contribution in [1.29, 1.82) is 0 Å². The molecule has 0 bridgehead atoms. The summed E-state index contributed by atoms with van der Waals surface area (Å²) >= 11 is 0. The molecule has 0 unspecified atom stereocenters. The van der Waals surface area contributed by atoms with E-state index < -0.39 is 0 Å². The van der Waals surface area contributed by atoms with Crippen LogP contribution in [0.3, 0.4) is 0 Å². The van der Waals surface area contributed by atoms with Gasteiger partial charge in [-0.05, 0) is 54.8 Å². The van der Waals surface area contributed by atoms with Crippen LogP contribution in [0.2, 0.25) is 0 Å². The van der Waals surface area contributed by atoms with Gasteiger partial charge in [-0.3, -0.25) is 4.79 Å². The Kier molecular flexibility index (Phi) is 9.36. The zero-order valence-corrected chi connectivity index (χ0v) is 18.8. The molecule has 0 aliphatic heterocycles. The fourth-order valence-corrected chi connectivity index (χ4v) is 2.85. The fraction of sp³-hybridized carbons (Fsp3) is 0.280. The lowest BCUT2D eigenvalue weighted by Gasteiger charge is -2.10. The number of nitrogens with one attached hydrogen (secondary N) is 1. The molecule has 1 N–H and O–H groups in total. The third kappa shape index (κ3) is 6.74. The van der Waals surface area contributed by atoms with Crippen molar-refractivity contribution < 1.29 is 18.7 Å². The van der Waals surface area contributed by atoms with Gasteiger partial charge in [0.1, 0.15) is 0 Å². The van der Waals surface area contributed by atoms with Gasteiger partial charge in [0.05, 0.1) is 26.2 Å². The van der Waals surface area contributed by atoms with E-state index in [0.717, 1.165) is 11.1 Å². The van der Waals surface area contributed by atoms with E-state index in [4.69, 9.17) is 13.9 Å². The zero-order valence-electron chi connectivity index (χ0n) is 18.8. The number of amides is 1. The summed E-state index contributed by atoms with van der Waals surface area (Å²) in [4.78, 5) is 17.3. The Labute approximate surface area is 183 Å². The van der Waals surface area contributed by atoms with Crippen LogP contribution in [0.4, 0.5) is 5.69 Å². The first kappa shape index (κ1) is 23.7. The summed E-state index contributed by atoms with van der Waals surface area (Å²) in [5, 5.41) is 2.92. The van der Waals surface area contributed by atoms with E-state index in [9.17, 15) is 4.79 Å². The third-order valence-corrected chi connectivity index (χ3v) is 4.32. The Bertz CT molecular complexity index is 994. The first-order valence-corrected chi connectivity index (χ1v) is 10.3. The minimum Gasteiger partial charge on any atom is -0.493 e. The lowest BCUT2D eigenvalue weighted by atomic mass is 10.1. The number of para-hydroxylation sites is 1. The second kappa shape index (κ2) is 12.2. The van der Waals surface area contributed by atoms with Gasteiger partial charge >= 0.3 is 0 Å². The highest BCUT2D eigenvalue weighted by atomic mass is 16.5. The maximum Gasteiger partial charge on any atom is 0.273 e. The predicted octanol–water partition coefficient (Wildman–Crippen LogP) is 5.11. The summed E-state index contributed by atoms with van der Waals surface area (Å²) in [5.41, 5.74) is 2.89. The summed E-state index contributed by atoms with van der Waals surface area (Å²) < 4.78 is 16.1. The highest BCUT2D eigenvalue weighted by Gasteiger charge is 2.17. The number of carbonyl (C=O) groups is 1. The van der Waals surface area contributed by atoms with Gasteiger partial charge in [0, 0.05) is 6.54 Å². The van der Waals surface area contributed by atoms with E-state index in [-0.39, 0.29) is 11.6 Å². The standard InChI is InChI=1S/C23H24N2O4.C2H6/c1-16-13-21(29-15-16)22(25-18-7-5-4-6-8-18)23(26)24-12-11-17-9-10-19(27-2)20(14-17)28-3;1-2/h4-10,13-15H,11-12H2,1-3H3,(H,24,26);1-2H3. The lowest BCUT2D eigenvalue weighted by Crippen LogP contribution is -2.33. The SMILES string of the molecule is CC.COc1ccc(CCNC(=O)C(=Nc2ccccc2)c2cc(C)co2)cc1OC. The number of aliphatic imine (C=N–C) groups is 1. The highest BCUT2D eigenvalue weighted by molar-refractivity contribution is 6.45. The summed E-state index contributed by atoms with van der Waals surface area (Å²) in [7, 11) is 3.20. The number of nitrogens with zero attached hydrogens (tertiary/aromatic N) is 1. The summed E-state index contributed by atoms with van der Waals surface area (Å²) in [6.07, 6.45) is 2.24. The molecule has 164 valence electrons. The topological polar surface area (TPSA) is 73.1 Å². The van der Waals surface area contributed by atoms with Gasteiger partial charge < -0.3 is 19.2 Å². The minimum atomic E-state index is -0.288. The van der Waals surface area contributed by atoms with E-state index in [0.29, 0.717) is 35.9 Å². The number of furan rings is 1. The smallest absolute Gasteiger partial charge is 0.273 e. The number of hydrogen-bond donors (Lipinski definition) is 1. The molecule has 2 aromatic carbocycles. The van der Waals surface area contributed by atoms with Gasteiger partial charge in [-0.15, -0.1) is 0 Å². The van der Waals surface area contributed by atoms with Crippen molar-refractivity contribution in [2.75, 3.05) is 20.8 Å². The molecular weight excluding hydrogens is 392 g/mol. The molecule has 6 heteroatoms. The highest BCUT2D eigenvalue weighted by Crippen LogP contribution is 2.27. The number of carbonyl (C=O) groups excluding carboxylic acids is 1. The third-order valence-electron chi connectivity index (χ3n) is 4.32. The monoisotopic (exact) mass is 422 g/mol. The molecule has 31 heavy (non-hydrogen) atoms. The van der Waals surface area contributed by atoms with Crippen LogP contribution in [0.25, 0.3) is 0 Å². The molecule has 0 fully saturated rings. The number of methoxy groups -OCH3 is 2. The average Bonchev–Trinajstić information content (AvgIpc) is 3.25. The summed E-state index contributed by atoms with van der Waals surface area (Å²) in [6, 6.07) is 16.8. The molecule has 3 rings (SSSR count). The molecule has 1 aromatic heterocycles. The average molecular weight is 423 g/mol. The van der Waals surface area contributed by atoms with Crippen LogP contribution >= 0.6 is 0 Å². The molecule has 6 nitrogen and oxygen atoms in total. The van der Waals surface area contributed by atoms with Gasteiger partial charge in [-0.1, -0.05) is 38.1 Å². The van der Waals surface area contributed by atoms with E-state index in [1.807, 2.05) is 69.3 Å². The molecule has 0 spiro atoms. The van der Waals surface area contributed by atoms with Crippen LogP contribution in [0.5, 0.6) is 11.5 Å². The van der Waals surface area contributed by atoms with E-state index >= 15 is 0 Å². The van der Waals surface area contributed by atoms with Crippen molar-refractivity contribution in [2.45, 2.75) is 27.2 Å². The van der Waals surface area contributed by atoms with Crippen LogP contribution < -0.4 is 14.8 Å². The van der Waals surface area contributed by atoms with Gasteiger partial charge in [0.2, 0.25) is 0 Å². The Hall–Kier alpha value is -3.54. The molecule has 1 amide bonds. The zero-order chi connectivity index (χ0) is 22.6. The van der Waals surface area contributed by atoms with Crippen LogP contribution in [-0.4, -0.2) is 32.4 Å². The maximum atomic E-state index is 12.8. The Morgan fingerprint density at radius 3 is 2.32 bits per heavy atom. The normalized spacial score (nSPS) is 10.7. The van der Waals surface area contributed by atoms with Crippen molar-refractivity contribution in [3.05, 3.63) is 77.7 Å². The molecule has 0 atom stereocenters. The van der Waals surface area contributed by atoms with Crippen LogP contribution in [0, 0.1) is 6.92 Å². The summed E-state index contributed by atoms with van der Waals surface area (Å²) in [6.45, 7) is 6.35. The number of hydrogen-bond acceptors (Lipinski definition) is 5. The van der Waals surface area contributed by atoms with Crippen molar-refractivity contribution in [3.63, 3.8) is 0 Å². The first-order chi connectivity index (χ1) is 15.1. The van der Waals surface area contributed by atoms with E-state index in [2.05, 4.69) is 10.3 Å². The first-order valence-electron chi connectivity index (χ1n) is 10.3. The molecule has 3 aromatic rings.